The van der Waals surface area contributed by atoms with E-state index >= 15 is 0 Å². The topological polar surface area (TPSA) is 66.4 Å². The molecule has 0 radical (unpaired) electrons. The van der Waals surface area contributed by atoms with Crippen molar-refractivity contribution in [2.24, 2.45) is 0 Å². The van der Waals surface area contributed by atoms with E-state index in [1.165, 1.54) is 7.11 Å². The minimum absolute atomic E-state index is 0. The number of hydrogen-bond donors (Lipinski definition) is 0. The molecule has 0 heterocycles. The molecule has 0 fully saturated rings. The van der Waals surface area contributed by atoms with Crippen molar-refractivity contribution in [1.29, 1.82) is 0 Å². The Balaban J connectivity index is 0. The molecule has 1 unspecified atom stereocenters. The fourth-order valence-corrected chi connectivity index (χ4v) is 0.985. The fourth-order valence-electron chi connectivity index (χ4n) is 0.396. The van der Waals surface area contributed by atoms with Crippen molar-refractivity contribution in [1.82, 2.24) is 0 Å². The van der Waals surface area contributed by atoms with Gasteiger partial charge in [-0.1, -0.05) is 0 Å². The molecule has 0 spiro atoms. The van der Waals surface area contributed by atoms with Crippen LogP contribution in [0, 0.1) is 0 Å². The van der Waals surface area contributed by atoms with Crippen LogP contribution >= 0.6 is 7.37 Å². The van der Waals surface area contributed by atoms with Crippen LogP contribution in [0.3, 0.4) is 0 Å². The summed E-state index contributed by atoms with van der Waals surface area (Å²) in [6.07, 6.45) is -0.159. The van der Waals surface area contributed by atoms with Gasteiger partial charge in [-0.25, -0.2) is 0 Å². The third-order valence-electron chi connectivity index (χ3n) is 0.950. The Bertz CT molecular complexity index is 164. The van der Waals surface area contributed by atoms with Gasteiger partial charge in [0.15, 0.2) is 0 Å². The van der Waals surface area contributed by atoms with E-state index in [-0.39, 0.29) is 42.1 Å². The summed E-state index contributed by atoms with van der Waals surface area (Å²) in [5.41, 5.74) is 0. The summed E-state index contributed by atoms with van der Waals surface area (Å²) < 4.78 is 14.7. The molecule has 0 aromatic rings. The van der Waals surface area contributed by atoms with Crippen LogP contribution in [0.5, 0.6) is 0 Å². The maximum atomic E-state index is 10.5. The summed E-state index contributed by atoms with van der Waals surface area (Å²) in [6, 6.07) is 0. The van der Waals surface area contributed by atoms with E-state index in [0.29, 0.717) is 0 Å². The van der Waals surface area contributed by atoms with Gasteiger partial charge in [0.2, 0.25) is 0 Å². The van der Waals surface area contributed by atoms with E-state index in [4.69, 9.17) is 0 Å². The van der Waals surface area contributed by atoms with Crippen LogP contribution < -0.4 is 34.5 Å². The first-order valence-electron chi connectivity index (χ1n) is 2.80. The number of hydrogen-bond acceptors (Lipinski definition) is 4. The fraction of sp³-hybridized carbons (Fsp3) is 0.800. The van der Waals surface area contributed by atoms with Crippen molar-refractivity contribution < 1.29 is 48.5 Å². The van der Waals surface area contributed by atoms with Gasteiger partial charge in [-0.3, -0.25) is 4.79 Å². The number of rotatable bonds is 3. The molecule has 0 aliphatic rings. The van der Waals surface area contributed by atoms with E-state index < -0.39 is 13.3 Å². The molecule has 0 saturated carbocycles. The summed E-state index contributed by atoms with van der Waals surface area (Å²) in [7, 11) is -2.05. The Labute approximate surface area is 88.1 Å². The zero-order valence-electron chi connectivity index (χ0n) is 6.99. The summed E-state index contributed by atoms with van der Waals surface area (Å²) >= 11 is 0. The van der Waals surface area contributed by atoms with Crippen LogP contribution in [-0.4, -0.2) is 25.9 Å². The first-order chi connectivity index (χ1) is 4.45. The molecule has 0 saturated heterocycles. The Morgan fingerprint density at radius 3 is 2.36 bits per heavy atom. The van der Waals surface area contributed by atoms with Gasteiger partial charge in [-0.2, -0.15) is 0 Å². The minimum Gasteiger partial charge on any atom is -0.799 e. The SMILES string of the molecule is COC(=O)CCP(C)(=O)[O-].[Na+]. The predicted octanol–water partition coefficient (Wildman–Crippen LogP) is -3.18. The number of methoxy groups -OCH3 is 1. The molecule has 60 valence electrons. The molecule has 11 heavy (non-hydrogen) atoms. The average molecular weight is 188 g/mol. The van der Waals surface area contributed by atoms with Crippen LogP contribution in [-0.2, 0) is 14.1 Å². The van der Waals surface area contributed by atoms with E-state index in [0.717, 1.165) is 6.66 Å². The van der Waals surface area contributed by atoms with Gasteiger partial charge in [0.05, 0.1) is 13.5 Å². The Morgan fingerprint density at radius 1 is 1.64 bits per heavy atom. The van der Waals surface area contributed by atoms with E-state index in [2.05, 4.69) is 4.74 Å². The standard InChI is InChI=1S/C5H11O4P.Na/c1-9-5(6)3-4-10(2,7)8;/h3-4H2,1-2H3,(H,7,8);/q;+1/p-1. The van der Waals surface area contributed by atoms with Gasteiger partial charge < -0.3 is 14.2 Å². The Morgan fingerprint density at radius 2 is 2.09 bits per heavy atom. The second kappa shape index (κ2) is 6.21. The first kappa shape index (κ1) is 14.2. The van der Waals surface area contributed by atoms with Gasteiger partial charge >= 0.3 is 35.5 Å². The number of esters is 1. The molecule has 0 rings (SSSR count). The molecule has 0 aliphatic heterocycles. The number of carbonyl (C=O) groups excluding carboxylic acids is 1. The number of ether oxygens (including phenoxy) is 1. The van der Waals surface area contributed by atoms with Crippen molar-refractivity contribution in [3.8, 4) is 0 Å². The predicted molar refractivity (Wildman–Crippen MR) is 35.0 cm³/mol. The summed E-state index contributed by atoms with van der Waals surface area (Å²) in [5.74, 6) is -0.488. The monoisotopic (exact) mass is 188 g/mol. The maximum absolute atomic E-state index is 10.5. The van der Waals surface area contributed by atoms with E-state index in [1.54, 1.807) is 0 Å². The second-order valence-electron chi connectivity index (χ2n) is 2.06. The summed E-state index contributed by atoms with van der Waals surface area (Å²) in [5, 5.41) is 0. The molecule has 0 bridgehead atoms. The van der Waals surface area contributed by atoms with Gasteiger partial charge in [-0.15, -0.1) is 0 Å². The zero-order chi connectivity index (χ0) is 8.20. The van der Waals surface area contributed by atoms with Crippen LogP contribution in [0.25, 0.3) is 0 Å². The van der Waals surface area contributed by atoms with Gasteiger partial charge in [0.1, 0.15) is 0 Å². The van der Waals surface area contributed by atoms with E-state index in [1.807, 2.05) is 0 Å². The van der Waals surface area contributed by atoms with Crippen molar-refractivity contribution in [3.63, 3.8) is 0 Å². The third-order valence-corrected chi connectivity index (χ3v) is 1.99. The molecular formula is C5H10NaO4P. The molecule has 0 aromatic heterocycles. The van der Waals surface area contributed by atoms with Crippen LogP contribution in [0.1, 0.15) is 6.42 Å². The molecule has 6 heteroatoms. The molecule has 4 nitrogen and oxygen atoms in total. The average Bonchev–Trinajstić information content (AvgIpc) is 1.81. The quantitative estimate of drug-likeness (QED) is 0.266. The molecule has 0 aromatic carbocycles. The van der Waals surface area contributed by atoms with Crippen molar-refractivity contribution in [2.75, 3.05) is 19.9 Å². The molecule has 1 atom stereocenters. The van der Waals surface area contributed by atoms with Crippen LogP contribution in [0.15, 0.2) is 0 Å². The normalized spacial score (nSPS) is 14.5. The van der Waals surface area contributed by atoms with Gasteiger partial charge in [-0.05, 0) is 12.8 Å². The van der Waals surface area contributed by atoms with Gasteiger partial charge in [0, 0.05) is 7.37 Å². The zero-order valence-corrected chi connectivity index (χ0v) is 9.89. The van der Waals surface area contributed by atoms with Crippen LogP contribution in [0.4, 0.5) is 0 Å². The molecular weight excluding hydrogens is 178 g/mol. The van der Waals surface area contributed by atoms with Crippen LogP contribution in [0.2, 0.25) is 0 Å². The Hall–Kier alpha value is 0.660. The molecule has 0 amide bonds. The Kier molecular flexibility index (Phi) is 8.01. The first-order valence-corrected chi connectivity index (χ1v) is 5.06. The maximum Gasteiger partial charge on any atom is 1.00 e. The van der Waals surface area contributed by atoms with Crippen molar-refractivity contribution in [2.45, 2.75) is 6.42 Å². The smallest absolute Gasteiger partial charge is 0.799 e. The molecule has 0 N–H and O–H groups in total. The third kappa shape index (κ3) is 10.7. The summed E-state index contributed by atoms with van der Waals surface area (Å²) in [4.78, 5) is 20.8. The molecule has 0 aliphatic carbocycles. The summed E-state index contributed by atoms with van der Waals surface area (Å²) in [6.45, 7) is 1.11. The van der Waals surface area contributed by atoms with Crippen molar-refractivity contribution >= 4 is 13.3 Å². The van der Waals surface area contributed by atoms with Gasteiger partial charge in [0.25, 0.3) is 0 Å². The number of carbonyl (C=O) groups is 1. The largest absolute Gasteiger partial charge is 1.00 e. The second-order valence-corrected chi connectivity index (χ2v) is 4.54. The minimum atomic E-state index is -3.28. The van der Waals surface area contributed by atoms with Crippen molar-refractivity contribution in [3.05, 3.63) is 0 Å². The van der Waals surface area contributed by atoms with E-state index in [9.17, 15) is 14.3 Å².